The Balaban J connectivity index is 0.967. The Bertz CT molecular complexity index is 4990. The van der Waals surface area contributed by atoms with Gasteiger partial charge in [0.25, 0.3) is 11.8 Å². The van der Waals surface area contributed by atoms with Crippen LogP contribution in [0, 0.1) is 11.8 Å². The van der Waals surface area contributed by atoms with E-state index in [1.54, 1.807) is 0 Å². The molecule has 0 bridgehead atoms. The standard InChI is InChI=1S/C102H126Cl2N2O2S14/c1-11-21-29-35-43-67-55-81(115-95(67)87-57-69(45-37-31-23-13-3)93(119-87)77-49-47-71(111-77)59-89-99(107)105(101(109)121-89)51-39-33-25-15-5)83-61-73-91(85-63-75(103)79(113-85)53-65(19-9)41-27-17-7)98-74(92(97(73)117-83)86-64-76(104)80(114-86)54-66(20-10)42-28-18-8)62-84(118-98)82-56-68(44-36-30-22-12-2)96(116-82)88-58-70(46-38-32-24-14-4)94(120-88)78-50-48-72(112-78)60-90-100(108)106(102(110)122-90)52-40-34-26-16-6/h47-50,55-66H,11-46,51-54H2,1-10H3/b89-59-,90-60-. The number of amides is 2. The maximum atomic E-state index is 13.9. The monoisotopic (exact) mass is 1930 g/mol. The van der Waals surface area contributed by atoms with E-state index in [0.717, 1.165) is 145 Å². The lowest BCUT2D eigenvalue weighted by atomic mass is 9.95. The molecule has 12 heterocycles. The number of hydrogen-bond donors (Lipinski definition) is 0. The van der Waals surface area contributed by atoms with Crippen molar-refractivity contribution in [2.45, 2.75) is 313 Å². The highest BCUT2D eigenvalue weighted by Gasteiger charge is 2.35. The lowest BCUT2D eigenvalue weighted by molar-refractivity contribution is -0.123. The average Bonchev–Trinajstić information content (AvgIpc) is 1.55. The van der Waals surface area contributed by atoms with Crippen molar-refractivity contribution in [3.63, 3.8) is 0 Å². The zero-order chi connectivity index (χ0) is 85.8. The third-order valence-electron chi connectivity index (χ3n) is 24.3. The predicted octanol–water partition coefficient (Wildman–Crippen LogP) is 38.8. The lowest BCUT2D eigenvalue weighted by Crippen LogP contribution is -2.28. The van der Waals surface area contributed by atoms with E-state index in [2.05, 4.69) is 154 Å². The average molecular weight is 1930 g/mol. The Morgan fingerprint density at radius 2 is 0.656 bits per heavy atom. The van der Waals surface area contributed by atoms with E-state index in [-0.39, 0.29) is 11.8 Å². The number of carbonyl (C=O) groups excluding carboxylic acids is 2. The van der Waals surface area contributed by atoms with Gasteiger partial charge >= 0.3 is 0 Å². The third kappa shape index (κ3) is 24.0. The van der Waals surface area contributed by atoms with E-state index in [4.69, 9.17) is 47.6 Å². The van der Waals surface area contributed by atoms with Gasteiger partial charge in [-0.1, -0.05) is 307 Å². The molecule has 1 aromatic carbocycles. The summed E-state index contributed by atoms with van der Waals surface area (Å²) in [5.41, 5.74) is 8.44. The molecular formula is C102H126Cl2N2O2S14. The van der Waals surface area contributed by atoms with Crippen LogP contribution >= 0.6 is 185 Å². The van der Waals surface area contributed by atoms with E-state index < -0.39 is 0 Å². The van der Waals surface area contributed by atoms with Crippen LogP contribution in [0.15, 0.2) is 82.6 Å². The van der Waals surface area contributed by atoms with Crippen LogP contribution in [-0.4, -0.2) is 43.3 Å². The number of nitrogens with zero attached hydrogens (tertiary/aromatic N) is 2. The highest BCUT2D eigenvalue weighted by atomic mass is 35.5. The molecule has 0 spiro atoms. The summed E-state index contributed by atoms with van der Waals surface area (Å²) in [5, 5.41) is 4.42. The predicted molar refractivity (Wildman–Crippen MR) is 567 cm³/mol. The topological polar surface area (TPSA) is 40.6 Å². The molecule has 4 nitrogen and oxygen atoms in total. The minimum atomic E-state index is 0.0512. The fraction of sp³-hybridized carbons (Fsp3) is 0.510. The zero-order valence-corrected chi connectivity index (χ0v) is 86.6. The Labute approximate surface area is 800 Å². The van der Waals surface area contributed by atoms with Crippen molar-refractivity contribution < 1.29 is 9.59 Å². The summed E-state index contributed by atoms with van der Waals surface area (Å²) < 4.78 is 4.02. The van der Waals surface area contributed by atoms with E-state index in [0.29, 0.717) is 33.6 Å². The molecule has 2 atom stereocenters. The van der Waals surface area contributed by atoms with Crippen LogP contribution in [0.3, 0.4) is 0 Å². The number of halogens is 2. The van der Waals surface area contributed by atoms with Crippen LogP contribution in [0.1, 0.15) is 316 Å². The first-order chi connectivity index (χ1) is 59.5. The van der Waals surface area contributed by atoms with Crippen molar-refractivity contribution in [2.75, 3.05) is 13.1 Å². The molecule has 2 amide bonds. The number of aryl methyl sites for hydroxylation is 4. The number of unbranched alkanes of at least 4 members (excludes halogenated alkanes) is 20. The van der Waals surface area contributed by atoms with Crippen LogP contribution < -0.4 is 0 Å². The van der Waals surface area contributed by atoms with Crippen LogP contribution in [0.25, 0.3) is 112 Å². The highest BCUT2D eigenvalue weighted by molar-refractivity contribution is 8.27. The van der Waals surface area contributed by atoms with Gasteiger partial charge in [0.1, 0.15) is 8.64 Å². The number of rotatable bonds is 52. The van der Waals surface area contributed by atoms with Gasteiger partial charge in [0.05, 0.1) is 19.9 Å². The maximum absolute atomic E-state index is 13.9. The number of thiophene rings is 10. The normalized spacial score (nSPS) is 14.7. The summed E-state index contributed by atoms with van der Waals surface area (Å²) >= 11 is 49.6. The molecule has 0 N–H and O–H groups in total. The van der Waals surface area contributed by atoms with Crippen molar-refractivity contribution in [1.29, 1.82) is 0 Å². The first-order valence-corrected chi connectivity index (χ1v) is 57.7. The van der Waals surface area contributed by atoms with Gasteiger partial charge in [0.15, 0.2) is 0 Å². The van der Waals surface area contributed by atoms with Crippen molar-refractivity contribution >= 4 is 237 Å². The van der Waals surface area contributed by atoms with Gasteiger partial charge in [0, 0.05) is 132 Å². The van der Waals surface area contributed by atoms with Gasteiger partial charge in [-0.3, -0.25) is 19.4 Å². The molecule has 0 aliphatic carbocycles. The van der Waals surface area contributed by atoms with Gasteiger partial charge < -0.3 is 0 Å². The minimum Gasteiger partial charge on any atom is -0.293 e. The largest absolute Gasteiger partial charge is 0.293 e. The molecule has 0 saturated carbocycles. The van der Waals surface area contributed by atoms with Crippen molar-refractivity contribution in [3.05, 3.63) is 134 Å². The molecule has 11 aromatic rings. The smallest absolute Gasteiger partial charge is 0.266 e. The fourth-order valence-corrected chi connectivity index (χ4v) is 33.1. The van der Waals surface area contributed by atoms with Crippen molar-refractivity contribution in [2.24, 2.45) is 11.8 Å². The molecule has 20 heteroatoms. The van der Waals surface area contributed by atoms with E-state index >= 15 is 0 Å². The second kappa shape index (κ2) is 48.0. The molecule has 2 aliphatic heterocycles. The fourth-order valence-electron chi connectivity index (χ4n) is 17.1. The number of thioether (sulfide) groups is 2. The molecule has 2 saturated heterocycles. The van der Waals surface area contributed by atoms with Crippen molar-refractivity contribution in [3.8, 4) is 79.4 Å². The Hall–Kier alpha value is -3.38. The minimum absolute atomic E-state index is 0.0512. The van der Waals surface area contributed by atoms with E-state index in [1.807, 2.05) is 123 Å². The lowest BCUT2D eigenvalue weighted by Gasteiger charge is -2.13. The number of carbonyl (C=O) groups is 2. The summed E-state index contributed by atoms with van der Waals surface area (Å²) in [5.74, 6) is 1.25. The van der Waals surface area contributed by atoms with Crippen LogP contribution in [0.4, 0.5) is 0 Å². The highest BCUT2D eigenvalue weighted by Crippen LogP contribution is 2.59. The van der Waals surface area contributed by atoms with Gasteiger partial charge in [-0.15, -0.1) is 113 Å². The first-order valence-electron chi connectivity index (χ1n) is 46.4. The molecule has 2 unspecified atom stereocenters. The Morgan fingerprint density at radius 3 is 1.00 bits per heavy atom. The number of fused-ring (bicyclic) bond motifs is 2. The first kappa shape index (κ1) is 96.2. The number of hydrogen-bond acceptors (Lipinski definition) is 16. The summed E-state index contributed by atoms with van der Waals surface area (Å²) in [6, 6.07) is 29.4. The SMILES string of the molecule is CCCCCCc1cc(-c2cc3c(-c4cc(Cl)c(CC(CC)CCCC)s4)c4sc(-c5cc(CCCCCC)c(-c6cc(CCCCCC)c(-c7ccc(/C=C8\SC(=S)N(CCCCCC)C8=O)s7)s6)s5)cc4c(-c4cc(Cl)c(CC(CC)CCCC)s4)c3s2)sc1-c1cc(CCCCCC)c(-c2ccc(/C=C3\SC(=S)N(CCCCCC)C3=O)s2)s1. The van der Waals surface area contributed by atoms with Crippen LogP contribution in [-0.2, 0) is 48.1 Å². The zero-order valence-electron chi connectivity index (χ0n) is 73.7. The third-order valence-corrected chi connectivity index (χ3v) is 40.5. The van der Waals surface area contributed by atoms with Crippen LogP contribution in [0.2, 0.25) is 10.0 Å². The summed E-state index contributed by atoms with van der Waals surface area (Å²) in [7, 11) is 0. The summed E-state index contributed by atoms with van der Waals surface area (Å²) in [6.07, 6.45) is 48.0. The molecule has 2 fully saturated rings. The number of thiocarbonyl (C=S) groups is 2. The van der Waals surface area contributed by atoms with Crippen LogP contribution in [0.5, 0.6) is 0 Å². The molecule has 13 rings (SSSR count). The molecule has 654 valence electrons. The number of benzene rings is 1. The summed E-state index contributed by atoms with van der Waals surface area (Å²) in [4.78, 5) is 56.5. The Kier molecular flexibility index (Phi) is 37.8. The quantitative estimate of drug-likeness (QED) is 0.0215. The molecular weight excluding hydrogens is 1800 g/mol. The van der Waals surface area contributed by atoms with Gasteiger partial charge in [0.2, 0.25) is 0 Å². The maximum Gasteiger partial charge on any atom is 0.266 e. The van der Waals surface area contributed by atoms with E-state index in [9.17, 15) is 9.59 Å². The molecule has 0 radical (unpaired) electrons. The second-order valence-electron chi connectivity index (χ2n) is 33.8. The molecule has 122 heavy (non-hydrogen) atoms. The van der Waals surface area contributed by atoms with Gasteiger partial charge in [-0.05, 0) is 196 Å². The molecule has 10 aromatic heterocycles. The Morgan fingerprint density at radius 1 is 0.336 bits per heavy atom. The van der Waals surface area contributed by atoms with Gasteiger partial charge in [-0.25, -0.2) is 0 Å². The van der Waals surface area contributed by atoms with Gasteiger partial charge in [-0.2, -0.15) is 0 Å². The molecule has 2 aliphatic rings. The van der Waals surface area contributed by atoms with Crippen molar-refractivity contribution in [1.82, 2.24) is 9.80 Å². The summed E-state index contributed by atoms with van der Waals surface area (Å²) in [6.45, 7) is 24.5. The van der Waals surface area contributed by atoms with E-state index in [1.165, 1.54) is 284 Å². The second-order valence-corrected chi connectivity index (χ2v) is 48.7.